The SMILES string of the molecule is CN1CCC(NS(=O)(=O)c2ccc(C(=O)O)s2)C1=O. The van der Waals surface area contributed by atoms with Gasteiger partial charge in [-0.25, -0.2) is 13.2 Å². The van der Waals surface area contributed by atoms with Gasteiger partial charge in [0.05, 0.1) is 0 Å². The number of hydrogen-bond donors (Lipinski definition) is 2. The summed E-state index contributed by atoms with van der Waals surface area (Å²) in [6.45, 7) is 0.497. The molecule has 0 aliphatic carbocycles. The monoisotopic (exact) mass is 304 g/mol. The molecule has 1 saturated heterocycles. The van der Waals surface area contributed by atoms with Crippen molar-refractivity contribution in [3.63, 3.8) is 0 Å². The van der Waals surface area contributed by atoms with Crippen LogP contribution < -0.4 is 4.72 Å². The summed E-state index contributed by atoms with van der Waals surface area (Å²) in [4.78, 5) is 23.7. The number of hydrogen-bond acceptors (Lipinski definition) is 5. The average Bonchev–Trinajstić information content (AvgIpc) is 2.92. The van der Waals surface area contributed by atoms with Crippen LogP contribution in [0.2, 0.25) is 0 Å². The summed E-state index contributed by atoms with van der Waals surface area (Å²) >= 11 is 0.658. The molecule has 0 bridgehead atoms. The van der Waals surface area contributed by atoms with Gasteiger partial charge in [0.1, 0.15) is 15.1 Å². The molecule has 2 N–H and O–H groups in total. The van der Waals surface area contributed by atoms with Crippen molar-refractivity contribution in [2.75, 3.05) is 13.6 Å². The highest BCUT2D eigenvalue weighted by atomic mass is 32.2. The minimum absolute atomic E-state index is 0.0600. The first-order valence-corrected chi connectivity index (χ1v) is 7.71. The van der Waals surface area contributed by atoms with Gasteiger partial charge in [0.25, 0.3) is 10.0 Å². The van der Waals surface area contributed by atoms with Crippen LogP contribution in [0, 0.1) is 0 Å². The number of sulfonamides is 1. The molecule has 1 aromatic heterocycles. The van der Waals surface area contributed by atoms with Crippen molar-refractivity contribution >= 4 is 33.2 Å². The molecule has 19 heavy (non-hydrogen) atoms. The van der Waals surface area contributed by atoms with Gasteiger partial charge in [-0.3, -0.25) is 4.79 Å². The quantitative estimate of drug-likeness (QED) is 0.812. The van der Waals surface area contributed by atoms with E-state index in [0.29, 0.717) is 24.3 Å². The van der Waals surface area contributed by atoms with Gasteiger partial charge in [0.15, 0.2) is 0 Å². The third kappa shape index (κ3) is 2.77. The zero-order chi connectivity index (χ0) is 14.2. The van der Waals surface area contributed by atoms with Crippen molar-refractivity contribution in [1.29, 1.82) is 0 Å². The van der Waals surface area contributed by atoms with Crippen LogP contribution in [-0.2, 0) is 14.8 Å². The van der Waals surface area contributed by atoms with Crippen LogP contribution in [0.15, 0.2) is 16.3 Å². The largest absolute Gasteiger partial charge is 0.477 e. The van der Waals surface area contributed by atoms with Crippen LogP contribution in [0.5, 0.6) is 0 Å². The fraction of sp³-hybridized carbons (Fsp3) is 0.400. The van der Waals surface area contributed by atoms with E-state index in [4.69, 9.17) is 5.11 Å². The molecule has 1 aromatic rings. The van der Waals surface area contributed by atoms with Gasteiger partial charge in [0.2, 0.25) is 5.91 Å². The second-order valence-corrected chi connectivity index (χ2v) is 7.17. The molecule has 7 nitrogen and oxygen atoms in total. The number of rotatable bonds is 4. The lowest BCUT2D eigenvalue weighted by Gasteiger charge is -2.11. The number of likely N-dealkylation sites (tertiary alicyclic amines) is 1. The Bertz CT molecular complexity index is 622. The molecule has 0 spiro atoms. The van der Waals surface area contributed by atoms with Crippen LogP contribution in [0.1, 0.15) is 16.1 Å². The molecule has 1 atom stereocenters. The summed E-state index contributed by atoms with van der Waals surface area (Å²) in [6.07, 6.45) is 0.408. The Labute approximate surface area is 113 Å². The number of likely N-dealkylation sites (N-methyl/N-ethyl adjacent to an activating group) is 1. The fourth-order valence-corrected chi connectivity index (χ4v) is 4.14. The molecule has 1 unspecified atom stereocenters. The molecule has 0 saturated carbocycles. The Morgan fingerprint density at radius 2 is 2.21 bits per heavy atom. The molecular weight excluding hydrogens is 292 g/mol. The van der Waals surface area contributed by atoms with Crippen LogP contribution in [-0.4, -0.2) is 49.9 Å². The zero-order valence-corrected chi connectivity index (χ0v) is 11.6. The highest BCUT2D eigenvalue weighted by molar-refractivity contribution is 7.91. The normalized spacial score (nSPS) is 19.9. The van der Waals surface area contributed by atoms with Gasteiger partial charge >= 0.3 is 5.97 Å². The Morgan fingerprint density at radius 1 is 1.53 bits per heavy atom. The summed E-state index contributed by atoms with van der Waals surface area (Å²) in [5, 5.41) is 8.76. The maximum absolute atomic E-state index is 12.0. The third-order valence-corrected chi connectivity index (χ3v) is 5.82. The maximum atomic E-state index is 12.0. The minimum Gasteiger partial charge on any atom is -0.477 e. The summed E-state index contributed by atoms with van der Waals surface area (Å²) in [5.41, 5.74) is 0. The van der Waals surface area contributed by atoms with Crippen molar-refractivity contribution in [1.82, 2.24) is 9.62 Å². The van der Waals surface area contributed by atoms with Gasteiger partial charge in [-0.15, -0.1) is 11.3 Å². The number of amides is 1. The van der Waals surface area contributed by atoms with Crippen LogP contribution in [0.25, 0.3) is 0 Å². The van der Waals surface area contributed by atoms with Gasteiger partial charge in [-0.1, -0.05) is 0 Å². The molecular formula is C10H12N2O5S2. The topological polar surface area (TPSA) is 104 Å². The van der Waals surface area contributed by atoms with E-state index >= 15 is 0 Å². The lowest BCUT2D eigenvalue weighted by molar-refractivity contribution is -0.127. The predicted molar refractivity (Wildman–Crippen MR) is 67.6 cm³/mol. The molecule has 0 radical (unpaired) electrons. The highest BCUT2D eigenvalue weighted by Gasteiger charge is 2.33. The number of carbonyl (C=O) groups excluding carboxylic acids is 1. The Kier molecular flexibility index (Phi) is 3.61. The molecule has 2 heterocycles. The summed E-state index contributed by atoms with van der Waals surface area (Å²) in [5.74, 6) is -1.46. The van der Waals surface area contributed by atoms with E-state index in [1.165, 1.54) is 17.0 Å². The first-order valence-electron chi connectivity index (χ1n) is 5.42. The van der Waals surface area contributed by atoms with Crippen molar-refractivity contribution < 1.29 is 23.1 Å². The Balaban J connectivity index is 2.18. The van der Waals surface area contributed by atoms with Crippen LogP contribution in [0.3, 0.4) is 0 Å². The number of nitrogens with zero attached hydrogens (tertiary/aromatic N) is 1. The summed E-state index contributed by atoms with van der Waals surface area (Å²) in [7, 11) is -2.25. The van der Waals surface area contributed by atoms with Gasteiger partial charge in [-0.05, 0) is 18.6 Å². The third-order valence-electron chi connectivity index (χ3n) is 2.78. The summed E-state index contributed by atoms with van der Waals surface area (Å²) < 4.78 is 26.2. The number of carboxylic acid groups (broad SMARTS) is 1. The average molecular weight is 304 g/mol. The maximum Gasteiger partial charge on any atom is 0.345 e. The summed E-state index contributed by atoms with van der Waals surface area (Å²) in [6, 6.07) is 1.68. The molecule has 104 valence electrons. The fourth-order valence-electron chi connectivity index (χ4n) is 1.76. The van der Waals surface area contributed by atoms with Gasteiger partial charge in [-0.2, -0.15) is 4.72 Å². The Morgan fingerprint density at radius 3 is 2.68 bits per heavy atom. The number of thiophene rings is 1. The molecule has 1 aliphatic heterocycles. The molecule has 1 fully saturated rings. The van der Waals surface area contributed by atoms with E-state index in [1.54, 1.807) is 7.05 Å². The second-order valence-electron chi connectivity index (χ2n) is 4.15. The first-order chi connectivity index (χ1) is 8.81. The van der Waals surface area contributed by atoms with Crippen molar-refractivity contribution in [3.8, 4) is 0 Å². The smallest absolute Gasteiger partial charge is 0.345 e. The zero-order valence-electron chi connectivity index (χ0n) is 9.99. The first kappa shape index (κ1) is 14.0. The lowest BCUT2D eigenvalue weighted by atomic mass is 10.3. The van der Waals surface area contributed by atoms with Crippen molar-refractivity contribution in [2.24, 2.45) is 0 Å². The lowest BCUT2D eigenvalue weighted by Crippen LogP contribution is -2.40. The molecule has 9 heteroatoms. The van der Waals surface area contributed by atoms with E-state index in [2.05, 4.69) is 4.72 Å². The van der Waals surface area contributed by atoms with E-state index in [-0.39, 0.29) is 15.0 Å². The number of nitrogens with one attached hydrogen (secondary N) is 1. The molecule has 1 aliphatic rings. The number of aromatic carboxylic acids is 1. The molecule has 1 amide bonds. The van der Waals surface area contributed by atoms with E-state index in [0.717, 1.165) is 0 Å². The highest BCUT2D eigenvalue weighted by Crippen LogP contribution is 2.22. The van der Waals surface area contributed by atoms with E-state index < -0.39 is 22.0 Å². The molecule has 2 rings (SSSR count). The number of carbonyl (C=O) groups is 2. The second kappa shape index (κ2) is 4.91. The Hall–Kier alpha value is -1.45. The molecule has 0 aromatic carbocycles. The predicted octanol–water partition coefficient (Wildman–Crippen LogP) is -0.0447. The van der Waals surface area contributed by atoms with Crippen molar-refractivity contribution in [2.45, 2.75) is 16.7 Å². The van der Waals surface area contributed by atoms with Gasteiger partial charge < -0.3 is 10.0 Å². The van der Waals surface area contributed by atoms with E-state index in [9.17, 15) is 18.0 Å². The number of carboxylic acids is 1. The van der Waals surface area contributed by atoms with Crippen LogP contribution in [0.4, 0.5) is 0 Å². The minimum atomic E-state index is -3.86. The standard InChI is InChI=1S/C10H12N2O5S2/c1-12-5-4-6(9(12)13)11-19(16,17)8-3-2-7(18-8)10(14)15/h2-3,6,11H,4-5H2,1H3,(H,14,15). The van der Waals surface area contributed by atoms with E-state index in [1.807, 2.05) is 0 Å². The van der Waals surface area contributed by atoms with Crippen molar-refractivity contribution in [3.05, 3.63) is 17.0 Å². The van der Waals surface area contributed by atoms with Gasteiger partial charge in [0, 0.05) is 13.6 Å². The van der Waals surface area contributed by atoms with Crippen LogP contribution >= 0.6 is 11.3 Å².